The molecule has 0 spiro atoms. The minimum absolute atomic E-state index is 0.104. The molecule has 0 amide bonds. The summed E-state index contributed by atoms with van der Waals surface area (Å²) in [6.45, 7) is 3.29. The molecule has 0 aliphatic carbocycles. The van der Waals surface area contributed by atoms with Crippen LogP contribution in [-0.4, -0.2) is 18.1 Å². The molecule has 24 heavy (non-hydrogen) atoms. The van der Waals surface area contributed by atoms with Gasteiger partial charge in [-0.05, 0) is 17.9 Å². The van der Waals surface area contributed by atoms with Crippen molar-refractivity contribution in [2.45, 2.75) is 39.3 Å². The van der Waals surface area contributed by atoms with Gasteiger partial charge in [0, 0.05) is 5.56 Å². The number of methoxy groups -OCH3 is 1. The van der Waals surface area contributed by atoms with Gasteiger partial charge in [0.15, 0.2) is 0 Å². The van der Waals surface area contributed by atoms with E-state index in [1.807, 2.05) is 0 Å². The van der Waals surface area contributed by atoms with Gasteiger partial charge in [-0.15, -0.1) is 0 Å². The molecular formula is C15H15F5N2O2. The maximum Gasteiger partial charge on any atom is 0.433 e. The normalized spacial score (nSPS) is 11.7. The van der Waals surface area contributed by atoms with Gasteiger partial charge in [0.2, 0.25) is 0 Å². The van der Waals surface area contributed by atoms with Crippen LogP contribution in [0.4, 0.5) is 22.0 Å². The zero-order chi connectivity index (χ0) is 18.7. The fourth-order valence-electron chi connectivity index (χ4n) is 2.32. The van der Waals surface area contributed by atoms with Gasteiger partial charge in [-0.3, -0.25) is 0 Å². The topological polar surface area (TPSA) is 63.0 Å². The van der Waals surface area contributed by atoms with Gasteiger partial charge < -0.3 is 4.74 Å². The molecule has 0 aliphatic heterocycles. The van der Waals surface area contributed by atoms with Crippen molar-refractivity contribution in [3.63, 3.8) is 0 Å². The smallest absolute Gasteiger partial charge is 0.433 e. The third kappa shape index (κ3) is 4.19. The lowest BCUT2D eigenvalue weighted by Crippen LogP contribution is -2.22. The van der Waals surface area contributed by atoms with Crippen molar-refractivity contribution in [3.05, 3.63) is 28.1 Å². The SMILES string of the molecule is COC(=O)c1c(C(F)F)nc(C(F)(F)F)c(CC#N)c1CC(C)C. The highest BCUT2D eigenvalue weighted by molar-refractivity contribution is 5.93. The Morgan fingerprint density at radius 1 is 1.29 bits per heavy atom. The number of nitriles is 1. The van der Waals surface area contributed by atoms with Crippen LogP contribution in [0.25, 0.3) is 0 Å². The van der Waals surface area contributed by atoms with Gasteiger partial charge >= 0.3 is 12.1 Å². The van der Waals surface area contributed by atoms with Crippen LogP contribution in [0.15, 0.2) is 0 Å². The quantitative estimate of drug-likeness (QED) is 0.593. The lowest BCUT2D eigenvalue weighted by Gasteiger charge is -2.21. The maximum absolute atomic E-state index is 13.2. The summed E-state index contributed by atoms with van der Waals surface area (Å²) in [5, 5.41) is 8.82. The molecule has 0 radical (unpaired) electrons. The van der Waals surface area contributed by atoms with E-state index in [-0.39, 0.29) is 17.9 Å². The highest BCUT2D eigenvalue weighted by atomic mass is 19.4. The molecular weight excluding hydrogens is 335 g/mol. The van der Waals surface area contributed by atoms with Crippen LogP contribution in [0, 0.1) is 17.2 Å². The zero-order valence-corrected chi connectivity index (χ0v) is 13.2. The van der Waals surface area contributed by atoms with E-state index in [9.17, 15) is 26.7 Å². The number of hydrogen-bond donors (Lipinski definition) is 0. The Kier molecular flexibility index (Phi) is 6.23. The molecule has 132 valence electrons. The van der Waals surface area contributed by atoms with Crippen LogP contribution >= 0.6 is 0 Å². The minimum atomic E-state index is -5.03. The van der Waals surface area contributed by atoms with E-state index < -0.39 is 47.5 Å². The van der Waals surface area contributed by atoms with Crippen molar-refractivity contribution in [3.8, 4) is 6.07 Å². The van der Waals surface area contributed by atoms with Crippen molar-refractivity contribution in [1.82, 2.24) is 4.98 Å². The molecule has 0 fully saturated rings. The van der Waals surface area contributed by atoms with Crippen LogP contribution < -0.4 is 0 Å². The fourth-order valence-corrected chi connectivity index (χ4v) is 2.32. The van der Waals surface area contributed by atoms with Gasteiger partial charge in [0.1, 0.15) is 11.4 Å². The van der Waals surface area contributed by atoms with Crippen molar-refractivity contribution in [2.24, 2.45) is 5.92 Å². The Bertz CT molecular complexity index is 663. The maximum atomic E-state index is 13.2. The van der Waals surface area contributed by atoms with E-state index in [4.69, 9.17) is 5.26 Å². The second kappa shape index (κ2) is 7.55. The number of alkyl halides is 5. The van der Waals surface area contributed by atoms with E-state index in [1.54, 1.807) is 19.9 Å². The van der Waals surface area contributed by atoms with E-state index >= 15 is 0 Å². The average molecular weight is 350 g/mol. The molecule has 0 saturated heterocycles. The molecule has 0 aromatic carbocycles. The number of esters is 1. The summed E-state index contributed by atoms with van der Waals surface area (Å²) in [6.07, 6.45) is -9.25. The summed E-state index contributed by atoms with van der Waals surface area (Å²) in [5.41, 5.74) is -4.38. The standard InChI is InChI=1S/C15H15F5N2O2/c1-7(2)6-9-8(4-5-21)12(15(18,19)20)22-11(13(16)17)10(9)14(23)24-3/h7,13H,4,6H2,1-3H3. The second-order valence-corrected chi connectivity index (χ2v) is 5.40. The number of carbonyl (C=O) groups is 1. The number of pyridine rings is 1. The Balaban J connectivity index is 3.95. The number of carbonyl (C=O) groups excluding carboxylic acids is 1. The Morgan fingerprint density at radius 3 is 2.25 bits per heavy atom. The predicted octanol–water partition coefficient (Wildman–Crippen LogP) is 4.09. The summed E-state index contributed by atoms with van der Waals surface area (Å²) >= 11 is 0. The molecule has 0 atom stereocenters. The minimum Gasteiger partial charge on any atom is -0.465 e. The summed E-state index contributed by atoms with van der Waals surface area (Å²) in [5.74, 6) is -1.46. The zero-order valence-electron chi connectivity index (χ0n) is 13.2. The van der Waals surface area contributed by atoms with E-state index in [0.717, 1.165) is 7.11 Å². The van der Waals surface area contributed by atoms with Crippen LogP contribution in [-0.2, 0) is 23.8 Å². The van der Waals surface area contributed by atoms with Crippen LogP contribution in [0.5, 0.6) is 0 Å². The monoisotopic (exact) mass is 350 g/mol. The number of hydrogen-bond acceptors (Lipinski definition) is 4. The van der Waals surface area contributed by atoms with Crippen molar-refractivity contribution in [2.75, 3.05) is 7.11 Å². The molecule has 0 saturated carbocycles. The first-order valence-electron chi connectivity index (χ1n) is 6.90. The highest BCUT2D eigenvalue weighted by Gasteiger charge is 2.40. The first-order chi connectivity index (χ1) is 11.0. The average Bonchev–Trinajstić information content (AvgIpc) is 2.45. The molecule has 1 heterocycles. The fraction of sp³-hybridized carbons (Fsp3) is 0.533. The third-order valence-corrected chi connectivity index (χ3v) is 3.17. The van der Waals surface area contributed by atoms with Gasteiger partial charge in [0.05, 0.1) is 25.2 Å². The Labute approximate surface area is 135 Å². The Morgan fingerprint density at radius 2 is 1.88 bits per heavy atom. The molecule has 0 aliphatic rings. The third-order valence-electron chi connectivity index (χ3n) is 3.17. The first kappa shape index (κ1) is 19.8. The molecule has 4 nitrogen and oxygen atoms in total. The first-order valence-corrected chi connectivity index (χ1v) is 6.90. The number of halogens is 5. The molecule has 0 bridgehead atoms. The van der Waals surface area contributed by atoms with Crippen molar-refractivity contribution in [1.29, 1.82) is 5.26 Å². The van der Waals surface area contributed by atoms with E-state index in [2.05, 4.69) is 9.72 Å². The van der Waals surface area contributed by atoms with E-state index in [0.29, 0.717) is 0 Å². The van der Waals surface area contributed by atoms with Gasteiger partial charge in [-0.2, -0.15) is 18.4 Å². The molecule has 0 N–H and O–H groups in total. The molecule has 1 aromatic heterocycles. The lowest BCUT2D eigenvalue weighted by atomic mass is 9.90. The van der Waals surface area contributed by atoms with Gasteiger partial charge in [0.25, 0.3) is 6.43 Å². The number of rotatable bonds is 5. The number of ether oxygens (including phenoxy) is 1. The molecule has 1 aromatic rings. The van der Waals surface area contributed by atoms with Crippen molar-refractivity contribution >= 4 is 5.97 Å². The predicted molar refractivity (Wildman–Crippen MR) is 73.4 cm³/mol. The van der Waals surface area contributed by atoms with Crippen LogP contribution in [0.1, 0.15) is 53.1 Å². The van der Waals surface area contributed by atoms with E-state index in [1.165, 1.54) is 0 Å². The van der Waals surface area contributed by atoms with Gasteiger partial charge in [-0.25, -0.2) is 18.6 Å². The molecule has 0 unspecified atom stereocenters. The summed E-state index contributed by atoms with van der Waals surface area (Å²) in [4.78, 5) is 14.9. The molecule has 1 rings (SSSR count). The second-order valence-electron chi connectivity index (χ2n) is 5.40. The summed E-state index contributed by atoms with van der Waals surface area (Å²) in [6, 6.07) is 1.56. The van der Waals surface area contributed by atoms with Crippen LogP contribution in [0.2, 0.25) is 0 Å². The van der Waals surface area contributed by atoms with Crippen LogP contribution in [0.3, 0.4) is 0 Å². The summed E-state index contributed by atoms with van der Waals surface area (Å²) < 4.78 is 70.5. The molecule has 9 heteroatoms. The Hall–Kier alpha value is -2.24. The highest BCUT2D eigenvalue weighted by Crippen LogP contribution is 2.37. The number of nitrogens with zero attached hydrogens (tertiary/aromatic N) is 2. The largest absolute Gasteiger partial charge is 0.465 e. The van der Waals surface area contributed by atoms with Crippen molar-refractivity contribution < 1.29 is 31.5 Å². The summed E-state index contributed by atoms with van der Waals surface area (Å²) in [7, 11) is 0.929. The van der Waals surface area contributed by atoms with Gasteiger partial charge in [-0.1, -0.05) is 13.8 Å². The lowest BCUT2D eigenvalue weighted by molar-refractivity contribution is -0.142. The number of aromatic nitrogens is 1.